The molecule has 0 amide bonds. The molecule has 2 atom stereocenters. The lowest BCUT2D eigenvalue weighted by Gasteiger charge is -2.06. The molecule has 1 saturated heterocycles. The number of ether oxygens (including phenoxy) is 1. The van der Waals surface area contributed by atoms with Gasteiger partial charge in [0.15, 0.2) is 0 Å². The number of esters is 1. The summed E-state index contributed by atoms with van der Waals surface area (Å²) < 4.78 is 4.55. The van der Waals surface area contributed by atoms with Gasteiger partial charge in [0.05, 0.1) is 7.11 Å². The topological polar surface area (TPSA) is 50.2 Å². The number of thioether (sulfide) groups is 1. The second kappa shape index (κ2) is 3.26. The zero-order valence-electron chi connectivity index (χ0n) is 6.59. The van der Waals surface area contributed by atoms with E-state index in [1.807, 2.05) is 6.92 Å². The molecule has 4 heteroatoms. The van der Waals surface area contributed by atoms with E-state index in [0.717, 1.165) is 5.75 Å². The lowest BCUT2D eigenvalue weighted by atomic mass is 10.1. The molecule has 0 spiro atoms. The SMILES string of the molecule is COC(=O)C1SCC(C)C1=N. The largest absolute Gasteiger partial charge is 0.468 e. The molecule has 1 N–H and O–H groups in total. The van der Waals surface area contributed by atoms with Crippen LogP contribution in [0.15, 0.2) is 0 Å². The van der Waals surface area contributed by atoms with Crippen LogP contribution in [0.3, 0.4) is 0 Å². The minimum absolute atomic E-state index is 0.226. The van der Waals surface area contributed by atoms with Crippen molar-refractivity contribution >= 4 is 23.4 Å². The van der Waals surface area contributed by atoms with Crippen LogP contribution in [-0.4, -0.2) is 29.8 Å². The normalized spacial score (nSPS) is 30.5. The second-order valence-corrected chi connectivity index (χ2v) is 3.73. The molecule has 0 radical (unpaired) electrons. The van der Waals surface area contributed by atoms with E-state index in [2.05, 4.69) is 4.74 Å². The Kier molecular flexibility index (Phi) is 2.54. The van der Waals surface area contributed by atoms with Crippen LogP contribution >= 0.6 is 11.8 Å². The van der Waals surface area contributed by atoms with Gasteiger partial charge in [-0.25, -0.2) is 0 Å². The fourth-order valence-corrected chi connectivity index (χ4v) is 2.29. The highest BCUT2D eigenvalue weighted by Crippen LogP contribution is 2.28. The highest BCUT2D eigenvalue weighted by atomic mass is 32.2. The Bertz CT molecular complexity index is 193. The average molecular weight is 173 g/mol. The van der Waals surface area contributed by atoms with Crippen molar-refractivity contribution < 1.29 is 9.53 Å². The second-order valence-electron chi connectivity index (χ2n) is 2.59. The molecule has 1 aliphatic heterocycles. The molecule has 0 aromatic rings. The number of hydrogen-bond donors (Lipinski definition) is 1. The summed E-state index contributed by atoms with van der Waals surface area (Å²) in [6.07, 6.45) is 0. The van der Waals surface area contributed by atoms with Gasteiger partial charge in [-0.05, 0) is 0 Å². The Morgan fingerprint density at radius 2 is 2.45 bits per heavy atom. The molecule has 3 nitrogen and oxygen atoms in total. The molecular formula is C7H11NO2S. The molecule has 0 saturated carbocycles. The van der Waals surface area contributed by atoms with E-state index in [1.54, 1.807) is 0 Å². The fourth-order valence-electron chi connectivity index (χ4n) is 0.981. The Labute approximate surface area is 70.0 Å². The minimum Gasteiger partial charge on any atom is -0.468 e. The van der Waals surface area contributed by atoms with E-state index in [4.69, 9.17) is 5.41 Å². The molecule has 1 aliphatic rings. The van der Waals surface area contributed by atoms with E-state index < -0.39 is 0 Å². The fraction of sp³-hybridized carbons (Fsp3) is 0.714. The van der Waals surface area contributed by atoms with Crippen LogP contribution < -0.4 is 0 Å². The number of rotatable bonds is 1. The predicted octanol–water partition coefficient (Wildman–Crippen LogP) is 0.931. The summed E-state index contributed by atoms with van der Waals surface area (Å²) in [5.74, 6) is 0.798. The van der Waals surface area contributed by atoms with Crippen LogP contribution in [0.1, 0.15) is 6.92 Å². The zero-order valence-corrected chi connectivity index (χ0v) is 7.40. The highest BCUT2D eigenvalue weighted by Gasteiger charge is 2.34. The van der Waals surface area contributed by atoms with Gasteiger partial charge in [-0.2, -0.15) is 0 Å². The van der Waals surface area contributed by atoms with Crippen molar-refractivity contribution in [3.63, 3.8) is 0 Å². The summed E-state index contributed by atoms with van der Waals surface area (Å²) in [5, 5.41) is 7.19. The monoisotopic (exact) mass is 173 g/mol. The number of carbonyl (C=O) groups is 1. The van der Waals surface area contributed by atoms with Gasteiger partial charge in [0, 0.05) is 17.4 Å². The maximum Gasteiger partial charge on any atom is 0.324 e. The third kappa shape index (κ3) is 1.56. The van der Waals surface area contributed by atoms with Crippen molar-refractivity contribution in [1.29, 1.82) is 5.41 Å². The van der Waals surface area contributed by atoms with Crippen molar-refractivity contribution in [3.8, 4) is 0 Å². The molecule has 1 rings (SSSR count). The first-order valence-corrected chi connectivity index (χ1v) is 4.49. The lowest BCUT2D eigenvalue weighted by Crippen LogP contribution is -2.25. The maximum absolute atomic E-state index is 11.0. The Balaban J connectivity index is 2.62. The van der Waals surface area contributed by atoms with Crippen molar-refractivity contribution in [2.75, 3.05) is 12.9 Å². The first kappa shape index (κ1) is 8.59. The summed E-state index contributed by atoms with van der Waals surface area (Å²) in [6, 6.07) is 0. The van der Waals surface area contributed by atoms with Crippen LogP contribution in [0.2, 0.25) is 0 Å². The van der Waals surface area contributed by atoms with E-state index in [0.29, 0.717) is 5.71 Å². The molecule has 0 aliphatic carbocycles. The van der Waals surface area contributed by atoms with Gasteiger partial charge < -0.3 is 10.1 Å². The Morgan fingerprint density at radius 3 is 2.82 bits per heavy atom. The summed E-state index contributed by atoms with van der Waals surface area (Å²) in [6.45, 7) is 1.96. The number of methoxy groups -OCH3 is 1. The summed E-state index contributed by atoms with van der Waals surface area (Å²) in [5.41, 5.74) is 0.502. The van der Waals surface area contributed by atoms with Crippen molar-refractivity contribution in [2.24, 2.45) is 5.92 Å². The molecule has 1 fully saturated rings. The van der Waals surface area contributed by atoms with Gasteiger partial charge in [-0.15, -0.1) is 11.8 Å². The van der Waals surface area contributed by atoms with Gasteiger partial charge in [0.2, 0.25) is 0 Å². The van der Waals surface area contributed by atoms with E-state index >= 15 is 0 Å². The van der Waals surface area contributed by atoms with Crippen molar-refractivity contribution in [1.82, 2.24) is 0 Å². The summed E-state index contributed by atoms with van der Waals surface area (Å²) >= 11 is 1.49. The molecule has 0 bridgehead atoms. The standard InChI is InChI=1S/C7H11NO2S/c1-4-3-11-6(5(4)8)7(9)10-2/h4,6,8H,3H2,1-2H3. The third-order valence-electron chi connectivity index (χ3n) is 1.74. The average Bonchev–Trinajstić information content (AvgIpc) is 2.32. The van der Waals surface area contributed by atoms with Gasteiger partial charge in [0.1, 0.15) is 5.25 Å². The van der Waals surface area contributed by atoms with Crippen LogP contribution in [0.5, 0.6) is 0 Å². The van der Waals surface area contributed by atoms with Crippen LogP contribution in [-0.2, 0) is 9.53 Å². The summed E-state index contributed by atoms with van der Waals surface area (Å²) in [7, 11) is 1.36. The van der Waals surface area contributed by atoms with Gasteiger partial charge in [-0.3, -0.25) is 4.79 Å². The quantitative estimate of drug-likeness (QED) is 0.600. The predicted molar refractivity (Wildman–Crippen MR) is 45.2 cm³/mol. The molecular weight excluding hydrogens is 162 g/mol. The molecule has 11 heavy (non-hydrogen) atoms. The van der Waals surface area contributed by atoms with Gasteiger partial charge in [0.25, 0.3) is 0 Å². The van der Waals surface area contributed by atoms with Gasteiger partial charge in [-0.1, -0.05) is 6.92 Å². The van der Waals surface area contributed by atoms with Gasteiger partial charge >= 0.3 is 5.97 Å². The first-order valence-electron chi connectivity index (χ1n) is 3.44. The van der Waals surface area contributed by atoms with Crippen LogP contribution in [0.4, 0.5) is 0 Å². The van der Waals surface area contributed by atoms with Crippen molar-refractivity contribution in [2.45, 2.75) is 12.2 Å². The van der Waals surface area contributed by atoms with Crippen molar-refractivity contribution in [3.05, 3.63) is 0 Å². The third-order valence-corrected chi connectivity index (χ3v) is 3.21. The summed E-state index contributed by atoms with van der Waals surface area (Å²) in [4.78, 5) is 11.0. The lowest BCUT2D eigenvalue weighted by molar-refractivity contribution is -0.138. The van der Waals surface area contributed by atoms with E-state index in [-0.39, 0.29) is 17.1 Å². The molecule has 1 heterocycles. The molecule has 0 aromatic heterocycles. The van der Waals surface area contributed by atoms with E-state index in [1.165, 1.54) is 18.9 Å². The smallest absolute Gasteiger partial charge is 0.324 e. The number of nitrogens with one attached hydrogen (secondary N) is 1. The van der Waals surface area contributed by atoms with Crippen LogP contribution in [0.25, 0.3) is 0 Å². The van der Waals surface area contributed by atoms with Crippen LogP contribution in [0, 0.1) is 11.3 Å². The Morgan fingerprint density at radius 1 is 1.82 bits per heavy atom. The first-order chi connectivity index (χ1) is 5.16. The molecule has 0 aromatic carbocycles. The molecule has 2 unspecified atom stereocenters. The number of hydrogen-bond acceptors (Lipinski definition) is 4. The van der Waals surface area contributed by atoms with E-state index in [9.17, 15) is 4.79 Å². The zero-order chi connectivity index (χ0) is 8.43. The number of carbonyl (C=O) groups excluding carboxylic acids is 1. The maximum atomic E-state index is 11.0. The highest BCUT2D eigenvalue weighted by molar-refractivity contribution is 8.01. The molecule has 62 valence electrons. The minimum atomic E-state index is -0.338. The Hall–Kier alpha value is -0.510.